The molecule has 1 fully saturated rings. The Kier molecular flexibility index (Phi) is 8.16. The van der Waals surface area contributed by atoms with Crippen LogP contribution in [0, 0.1) is 0 Å². The van der Waals surface area contributed by atoms with Crippen LogP contribution >= 0.6 is 0 Å². The van der Waals surface area contributed by atoms with E-state index in [-0.39, 0.29) is 12.7 Å². The predicted octanol–water partition coefficient (Wildman–Crippen LogP) is 1.41. The van der Waals surface area contributed by atoms with Crippen LogP contribution in [0.5, 0.6) is 0 Å². The van der Waals surface area contributed by atoms with E-state index < -0.39 is 5.60 Å². The first-order chi connectivity index (χ1) is 10.8. The Morgan fingerprint density at radius 3 is 2.22 bits per heavy atom. The van der Waals surface area contributed by atoms with Crippen molar-refractivity contribution in [3.05, 3.63) is 0 Å². The lowest BCUT2D eigenvalue weighted by atomic mass is 10.2. The predicted molar refractivity (Wildman–Crippen MR) is 91.4 cm³/mol. The van der Waals surface area contributed by atoms with Gasteiger partial charge in [0.1, 0.15) is 5.60 Å². The molecule has 0 atom stereocenters. The average molecular weight is 328 g/mol. The van der Waals surface area contributed by atoms with Crippen molar-refractivity contribution in [3.63, 3.8) is 0 Å². The Morgan fingerprint density at radius 2 is 1.65 bits per heavy atom. The van der Waals surface area contributed by atoms with Gasteiger partial charge in [-0.25, -0.2) is 4.79 Å². The van der Waals surface area contributed by atoms with Crippen LogP contribution in [0.3, 0.4) is 0 Å². The molecule has 0 spiro atoms. The van der Waals surface area contributed by atoms with Crippen molar-refractivity contribution >= 4 is 12.1 Å². The average Bonchev–Trinajstić information content (AvgIpc) is 2.49. The molecule has 0 radical (unpaired) electrons. The van der Waals surface area contributed by atoms with Gasteiger partial charge in [0.15, 0.2) is 5.96 Å². The molecule has 0 aromatic carbocycles. The number of hydrogen-bond acceptors (Lipinski definition) is 4. The van der Waals surface area contributed by atoms with Crippen molar-refractivity contribution in [2.45, 2.75) is 52.1 Å². The molecule has 134 valence electrons. The van der Waals surface area contributed by atoms with Crippen LogP contribution in [0.15, 0.2) is 4.99 Å². The zero-order chi connectivity index (χ0) is 17.3. The number of aliphatic hydroxyl groups excluding tert-OH is 1. The second kappa shape index (κ2) is 9.60. The summed E-state index contributed by atoms with van der Waals surface area (Å²) in [6, 6.07) is 0. The number of aliphatic imine (C=N–C) groups is 1. The van der Waals surface area contributed by atoms with Crippen molar-refractivity contribution in [1.29, 1.82) is 0 Å². The van der Waals surface area contributed by atoms with Gasteiger partial charge < -0.3 is 25.4 Å². The summed E-state index contributed by atoms with van der Waals surface area (Å²) in [7, 11) is 0. The summed E-state index contributed by atoms with van der Waals surface area (Å²) in [5.74, 6) is 0.552. The SMILES string of the molecule is CC(C)(C)OC(=O)N1CCN(C(N)=NCCCCCCO)CC1. The minimum absolute atomic E-state index is 0.257. The third kappa shape index (κ3) is 8.06. The van der Waals surface area contributed by atoms with Gasteiger partial charge in [0.25, 0.3) is 0 Å². The zero-order valence-corrected chi connectivity index (χ0v) is 14.8. The number of ether oxygens (including phenoxy) is 1. The Labute approximate surface area is 139 Å². The van der Waals surface area contributed by atoms with Crippen molar-refractivity contribution in [2.24, 2.45) is 10.7 Å². The van der Waals surface area contributed by atoms with Gasteiger partial charge in [-0.1, -0.05) is 12.8 Å². The summed E-state index contributed by atoms with van der Waals surface area (Å²) in [4.78, 5) is 20.1. The molecule has 1 heterocycles. The van der Waals surface area contributed by atoms with E-state index in [0.717, 1.165) is 25.7 Å². The third-order valence-electron chi connectivity index (χ3n) is 3.60. The topological polar surface area (TPSA) is 91.4 Å². The van der Waals surface area contributed by atoms with E-state index in [1.54, 1.807) is 4.90 Å². The summed E-state index contributed by atoms with van der Waals surface area (Å²) in [6.45, 7) is 9.13. The highest BCUT2D eigenvalue weighted by Crippen LogP contribution is 2.11. The molecule has 1 aliphatic rings. The van der Waals surface area contributed by atoms with E-state index in [1.165, 1.54) is 0 Å². The van der Waals surface area contributed by atoms with E-state index in [1.807, 2.05) is 25.7 Å². The number of carbonyl (C=O) groups is 1. The molecule has 0 aromatic heterocycles. The van der Waals surface area contributed by atoms with Crippen LogP contribution in [0.25, 0.3) is 0 Å². The number of nitrogens with two attached hydrogens (primary N) is 1. The summed E-state index contributed by atoms with van der Waals surface area (Å²) in [5, 5.41) is 8.71. The maximum absolute atomic E-state index is 12.0. The molecule has 1 saturated heterocycles. The number of piperazine rings is 1. The Balaban J connectivity index is 2.28. The summed E-state index contributed by atoms with van der Waals surface area (Å²) in [5.41, 5.74) is 5.55. The minimum atomic E-state index is -0.468. The standard InChI is InChI=1S/C16H32N4O3/c1-16(2,3)23-15(22)20-11-9-19(10-12-20)14(17)18-8-6-4-5-7-13-21/h21H,4-13H2,1-3H3,(H2,17,18). The van der Waals surface area contributed by atoms with Crippen LogP contribution in [0.2, 0.25) is 0 Å². The van der Waals surface area contributed by atoms with Gasteiger partial charge in [0, 0.05) is 39.3 Å². The van der Waals surface area contributed by atoms with E-state index >= 15 is 0 Å². The number of aliphatic hydroxyl groups is 1. The van der Waals surface area contributed by atoms with E-state index in [9.17, 15) is 4.79 Å². The number of amides is 1. The lowest BCUT2D eigenvalue weighted by Crippen LogP contribution is -2.53. The first-order valence-electron chi connectivity index (χ1n) is 8.47. The van der Waals surface area contributed by atoms with Gasteiger partial charge in [0.05, 0.1) is 0 Å². The summed E-state index contributed by atoms with van der Waals surface area (Å²) in [6.07, 6.45) is 3.66. The molecular weight excluding hydrogens is 296 g/mol. The van der Waals surface area contributed by atoms with E-state index in [4.69, 9.17) is 15.6 Å². The summed E-state index contributed by atoms with van der Waals surface area (Å²) >= 11 is 0. The second-order valence-electron chi connectivity index (χ2n) is 6.83. The third-order valence-corrected chi connectivity index (χ3v) is 3.60. The molecule has 0 saturated carbocycles. The smallest absolute Gasteiger partial charge is 0.410 e. The highest BCUT2D eigenvalue weighted by molar-refractivity contribution is 5.78. The number of carbonyl (C=O) groups excluding carboxylic acids is 1. The maximum atomic E-state index is 12.0. The summed E-state index contributed by atoms with van der Waals surface area (Å²) < 4.78 is 5.37. The van der Waals surface area contributed by atoms with E-state index in [2.05, 4.69) is 4.99 Å². The van der Waals surface area contributed by atoms with Crippen molar-refractivity contribution in [3.8, 4) is 0 Å². The van der Waals surface area contributed by atoms with Gasteiger partial charge in [-0.2, -0.15) is 0 Å². The Morgan fingerprint density at radius 1 is 1.09 bits per heavy atom. The molecule has 0 bridgehead atoms. The first-order valence-corrected chi connectivity index (χ1v) is 8.47. The zero-order valence-electron chi connectivity index (χ0n) is 14.8. The molecule has 1 aliphatic heterocycles. The number of rotatable bonds is 6. The van der Waals surface area contributed by atoms with Crippen molar-refractivity contribution in [2.75, 3.05) is 39.3 Å². The quantitative estimate of drug-likeness (QED) is 0.437. The lowest BCUT2D eigenvalue weighted by Gasteiger charge is -2.36. The molecule has 23 heavy (non-hydrogen) atoms. The molecule has 0 unspecified atom stereocenters. The minimum Gasteiger partial charge on any atom is -0.444 e. The molecule has 0 aromatic rings. The van der Waals surface area contributed by atoms with Crippen LogP contribution in [-0.2, 0) is 4.74 Å². The fourth-order valence-corrected chi connectivity index (χ4v) is 2.32. The van der Waals surface area contributed by atoms with Gasteiger partial charge in [-0.15, -0.1) is 0 Å². The number of guanidine groups is 1. The molecule has 7 nitrogen and oxygen atoms in total. The Bertz CT molecular complexity index is 385. The van der Waals surface area contributed by atoms with Gasteiger partial charge in [-0.05, 0) is 33.6 Å². The molecule has 0 aliphatic carbocycles. The fourth-order valence-electron chi connectivity index (χ4n) is 2.32. The first kappa shape index (κ1) is 19.5. The van der Waals surface area contributed by atoms with Crippen molar-refractivity contribution in [1.82, 2.24) is 9.80 Å². The van der Waals surface area contributed by atoms with Crippen LogP contribution in [0.4, 0.5) is 4.79 Å². The highest BCUT2D eigenvalue weighted by Gasteiger charge is 2.26. The molecule has 7 heteroatoms. The fraction of sp³-hybridized carbons (Fsp3) is 0.875. The van der Waals surface area contributed by atoms with Gasteiger partial charge >= 0.3 is 6.09 Å². The Hall–Kier alpha value is -1.50. The number of unbranched alkanes of at least 4 members (excludes halogenated alkanes) is 3. The van der Waals surface area contributed by atoms with Crippen LogP contribution in [0.1, 0.15) is 46.5 Å². The molecular formula is C16H32N4O3. The second-order valence-corrected chi connectivity index (χ2v) is 6.83. The van der Waals surface area contributed by atoms with Gasteiger partial charge in [-0.3, -0.25) is 4.99 Å². The number of hydrogen-bond donors (Lipinski definition) is 2. The van der Waals surface area contributed by atoms with Gasteiger partial charge in [0.2, 0.25) is 0 Å². The lowest BCUT2D eigenvalue weighted by molar-refractivity contribution is 0.0186. The highest BCUT2D eigenvalue weighted by atomic mass is 16.6. The normalized spacial score (nSPS) is 16.6. The maximum Gasteiger partial charge on any atom is 0.410 e. The molecule has 1 amide bonds. The van der Waals surface area contributed by atoms with Crippen molar-refractivity contribution < 1.29 is 14.6 Å². The largest absolute Gasteiger partial charge is 0.444 e. The van der Waals surface area contributed by atoms with E-state index in [0.29, 0.717) is 38.7 Å². The molecule has 1 rings (SSSR count). The van der Waals surface area contributed by atoms with Crippen LogP contribution < -0.4 is 5.73 Å². The monoisotopic (exact) mass is 328 g/mol. The molecule has 3 N–H and O–H groups in total. The number of nitrogens with zero attached hydrogens (tertiary/aromatic N) is 3. The van der Waals surface area contributed by atoms with Crippen LogP contribution in [-0.4, -0.2) is 71.9 Å².